The van der Waals surface area contributed by atoms with Crippen molar-refractivity contribution in [3.05, 3.63) is 16.4 Å². The Bertz CT molecular complexity index is 361. The van der Waals surface area contributed by atoms with Crippen LogP contribution in [0.1, 0.15) is 13.8 Å². The third kappa shape index (κ3) is 3.20. The van der Waals surface area contributed by atoms with Gasteiger partial charge in [-0.1, -0.05) is 13.8 Å². The molecule has 0 aliphatic heterocycles. The minimum atomic E-state index is -0.488. The molecule has 0 fully saturated rings. The summed E-state index contributed by atoms with van der Waals surface area (Å²) >= 11 is 0. The first-order valence-electron chi connectivity index (χ1n) is 5.15. The van der Waals surface area contributed by atoms with Gasteiger partial charge in [0.15, 0.2) is 0 Å². The van der Waals surface area contributed by atoms with Crippen molar-refractivity contribution in [1.29, 1.82) is 0 Å². The topological polar surface area (TPSA) is 85.0 Å². The molecular formula is C9H17N5O2. The van der Waals surface area contributed by atoms with Crippen LogP contribution in [-0.4, -0.2) is 33.6 Å². The van der Waals surface area contributed by atoms with Gasteiger partial charge in [-0.05, 0) is 9.91 Å². The van der Waals surface area contributed by atoms with E-state index in [1.54, 1.807) is 11.6 Å². The molecule has 7 nitrogen and oxygen atoms in total. The van der Waals surface area contributed by atoms with Gasteiger partial charge in [0, 0.05) is 26.2 Å². The molecule has 90 valence electrons. The standard InChI is InChI=1S/C9H17N5O2/c1-7(2)10-4-5-11-8-9(14(15)16)12-6-13(8)3/h6-7,10-11H,4-5H2,1-3H3. The highest BCUT2D eigenvalue weighted by molar-refractivity contribution is 5.51. The maximum atomic E-state index is 10.7. The Morgan fingerprint density at radius 1 is 1.56 bits per heavy atom. The van der Waals surface area contributed by atoms with Crippen LogP contribution in [0, 0.1) is 10.1 Å². The van der Waals surface area contributed by atoms with Crippen molar-refractivity contribution in [2.45, 2.75) is 19.9 Å². The van der Waals surface area contributed by atoms with Gasteiger partial charge in [-0.2, -0.15) is 0 Å². The van der Waals surface area contributed by atoms with E-state index >= 15 is 0 Å². The molecule has 0 aliphatic carbocycles. The van der Waals surface area contributed by atoms with Crippen LogP contribution in [0.15, 0.2) is 6.33 Å². The lowest BCUT2D eigenvalue weighted by Gasteiger charge is -2.09. The summed E-state index contributed by atoms with van der Waals surface area (Å²) in [7, 11) is 1.72. The minimum Gasteiger partial charge on any atom is -0.363 e. The van der Waals surface area contributed by atoms with Crippen molar-refractivity contribution in [2.24, 2.45) is 7.05 Å². The molecule has 1 aromatic rings. The summed E-state index contributed by atoms with van der Waals surface area (Å²) in [6, 6.07) is 0.406. The lowest BCUT2D eigenvalue weighted by atomic mass is 10.4. The van der Waals surface area contributed by atoms with Gasteiger partial charge >= 0.3 is 5.82 Å². The van der Waals surface area contributed by atoms with E-state index in [9.17, 15) is 10.1 Å². The molecule has 0 aromatic carbocycles. The van der Waals surface area contributed by atoms with E-state index in [-0.39, 0.29) is 5.82 Å². The predicted octanol–water partition coefficient (Wildman–Crippen LogP) is 0.738. The molecule has 0 spiro atoms. The zero-order valence-corrected chi connectivity index (χ0v) is 9.73. The Hall–Kier alpha value is -1.63. The number of nitrogens with zero attached hydrogens (tertiary/aromatic N) is 3. The second-order valence-corrected chi connectivity index (χ2v) is 3.82. The molecule has 0 radical (unpaired) electrons. The third-order valence-corrected chi connectivity index (χ3v) is 2.06. The van der Waals surface area contributed by atoms with Crippen LogP contribution in [0.3, 0.4) is 0 Å². The van der Waals surface area contributed by atoms with E-state index < -0.39 is 4.92 Å². The van der Waals surface area contributed by atoms with Crippen LogP contribution < -0.4 is 10.6 Å². The summed E-state index contributed by atoms with van der Waals surface area (Å²) in [6.07, 6.45) is 1.43. The summed E-state index contributed by atoms with van der Waals surface area (Å²) in [6.45, 7) is 5.47. The highest BCUT2D eigenvalue weighted by atomic mass is 16.6. The van der Waals surface area contributed by atoms with Crippen molar-refractivity contribution in [3.8, 4) is 0 Å². The second kappa shape index (κ2) is 5.45. The molecule has 1 rings (SSSR count). The van der Waals surface area contributed by atoms with Gasteiger partial charge in [0.2, 0.25) is 12.1 Å². The molecule has 16 heavy (non-hydrogen) atoms. The highest BCUT2D eigenvalue weighted by Gasteiger charge is 2.18. The fourth-order valence-electron chi connectivity index (χ4n) is 1.30. The number of rotatable bonds is 6. The largest absolute Gasteiger partial charge is 0.406 e. The number of imidazole rings is 1. The minimum absolute atomic E-state index is 0.132. The van der Waals surface area contributed by atoms with Gasteiger partial charge in [0.05, 0.1) is 0 Å². The van der Waals surface area contributed by atoms with Crippen LogP contribution in [0.5, 0.6) is 0 Å². The van der Waals surface area contributed by atoms with E-state index in [4.69, 9.17) is 0 Å². The summed E-state index contributed by atoms with van der Waals surface area (Å²) < 4.78 is 1.60. The number of nitro groups is 1. The quantitative estimate of drug-likeness (QED) is 0.425. The van der Waals surface area contributed by atoms with E-state index in [0.717, 1.165) is 6.54 Å². The first-order valence-corrected chi connectivity index (χ1v) is 5.15. The first-order chi connectivity index (χ1) is 7.52. The van der Waals surface area contributed by atoms with Crippen molar-refractivity contribution >= 4 is 11.6 Å². The number of aryl methyl sites for hydroxylation is 1. The number of hydrogen-bond donors (Lipinski definition) is 2. The Labute approximate surface area is 94.0 Å². The third-order valence-electron chi connectivity index (χ3n) is 2.06. The maximum Gasteiger partial charge on any atom is 0.406 e. The molecule has 0 aliphatic rings. The van der Waals surface area contributed by atoms with E-state index in [1.165, 1.54) is 6.33 Å². The first kappa shape index (κ1) is 12.4. The molecule has 0 atom stereocenters. The molecular weight excluding hydrogens is 210 g/mol. The Morgan fingerprint density at radius 2 is 2.25 bits per heavy atom. The van der Waals surface area contributed by atoms with E-state index in [2.05, 4.69) is 15.6 Å². The molecule has 0 amide bonds. The Morgan fingerprint density at radius 3 is 2.81 bits per heavy atom. The molecule has 1 aromatic heterocycles. The van der Waals surface area contributed by atoms with E-state index in [0.29, 0.717) is 18.4 Å². The van der Waals surface area contributed by atoms with Gasteiger partial charge in [-0.15, -0.1) is 0 Å². The second-order valence-electron chi connectivity index (χ2n) is 3.82. The number of aromatic nitrogens is 2. The molecule has 0 saturated heterocycles. The summed E-state index contributed by atoms with van der Waals surface area (Å²) in [5, 5.41) is 16.9. The molecule has 7 heteroatoms. The fraction of sp³-hybridized carbons (Fsp3) is 0.667. The number of nitrogens with one attached hydrogen (secondary N) is 2. The number of hydrogen-bond acceptors (Lipinski definition) is 5. The Kier molecular flexibility index (Phi) is 4.24. The summed E-state index contributed by atoms with van der Waals surface area (Å²) in [5.74, 6) is 0.308. The van der Waals surface area contributed by atoms with Crippen molar-refractivity contribution in [2.75, 3.05) is 18.4 Å². The van der Waals surface area contributed by atoms with Crippen LogP contribution >= 0.6 is 0 Å². The Balaban J connectivity index is 2.52. The fourth-order valence-corrected chi connectivity index (χ4v) is 1.30. The smallest absolute Gasteiger partial charge is 0.363 e. The average Bonchev–Trinajstić information content (AvgIpc) is 2.54. The van der Waals surface area contributed by atoms with E-state index in [1.807, 2.05) is 13.8 Å². The highest BCUT2D eigenvalue weighted by Crippen LogP contribution is 2.20. The zero-order chi connectivity index (χ0) is 12.1. The van der Waals surface area contributed by atoms with Crippen LogP contribution in [-0.2, 0) is 7.05 Å². The molecule has 0 saturated carbocycles. The van der Waals surface area contributed by atoms with Gasteiger partial charge in [-0.3, -0.25) is 4.57 Å². The van der Waals surface area contributed by atoms with Crippen molar-refractivity contribution in [3.63, 3.8) is 0 Å². The normalized spacial score (nSPS) is 10.8. The van der Waals surface area contributed by atoms with Gasteiger partial charge in [0.25, 0.3) is 0 Å². The number of anilines is 1. The predicted molar refractivity (Wildman–Crippen MR) is 61.5 cm³/mol. The summed E-state index contributed by atoms with van der Waals surface area (Å²) in [4.78, 5) is 13.9. The monoisotopic (exact) mass is 227 g/mol. The molecule has 0 unspecified atom stereocenters. The lowest BCUT2D eigenvalue weighted by Crippen LogP contribution is -2.28. The van der Waals surface area contributed by atoms with Gasteiger partial charge in [-0.25, -0.2) is 0 Å². The SMILES string of the molecule is CC(C)NCCNc1c([N+](=O)[O-])ncn1C. The van der Waals surface area contributed by atoms with Crippen LogP contribution in [0.2, 0.25) is 0 Å². The van der Waals surface area contributed by atoms with Gasteiger partial charge in [0.1, 0.15) is 0 Å². The molecule has 2 N–H and O–H groups in total. The average molecular weight is 227 g/mol. The van der Waals surface area contributed by atoms with Gasteiger partial charge < -0.3 is 20.7 Å². The maximum absolute atomic E-state index is 10.7. The molecule has 0 bridgehead atoms. The van der Waals surface area contributed by atoms with Crippen LogP contribution in [0.4, 0.5) is 11.6 Å². The lowest BCUT2D eigenvalue weighted by molar-refractivity contribution is -0.388. The zero-order valence-electron chi connectivity index (χ0n) is 9.73. The van der Waals surface area contributed by atoms with Crippen molar-refractivity contribution < 1.29 is 4.92 Å². The van der Waals surface area contributed by atoms with Crippen LogP contribution in [0.25, 0.3) is 0 Å². The van der Waals surface area contributed by atoms with Crippen molar-refractivity contribution in [1.82, 2.24) is 14.9 Å². The summed E-state index contributed by atoms with van der Waals surface area (Å²) in [5.41, 5.74) is 0. The molecule has 1 heterocycles.